The Bertz CT molecular complexity index is 830. The second kappa shape index (κ2) is 7.49. The van der Waals surface area contributed by atoms with Gasteiger partial charge in [0.1, 0.15) is 0 Å². The first-order valence-corrected chi connectivity index (χ1v) is 7.35. The van der Waals surface area contributed by atoms with Crippen LogP contribution in [0.3, 0.4) is 0 Å². The topological polar surface area (TPSA) is 105 Å². The van der Waals surface area contributed by atoms with Crippen molar-refractivity contribution in [2.24, 2.45) is 0 Å². The summed E-state index contributed by atoms with van der Waals surface area (Å²) < 4.78 is 5.11. The second-order valence-corrected chi connectivity index (χ2v) is 5.40. The van der Waals surface area contributed by atoms with Crippen LogP contribution in [-0.4, -0.2) is 18.0 Å². The number of benzene rings is 2. The number of hydrogen-bond acceptors (Lipinski definition) is 5. The predicted octanol–water partition coefficient (Wildman–Crippen LogP) is 2.98. The van der Waals surface area contributed by atoms with Crippen molar-refractivity contribution in [1.29, 1.82) is 5.26 Å². The van der Waals surface area contributed by atoms with Gasteiger partial charge in [-0.15, -0.1) is 0 Å². The van der Waals surface area contributed by atoms with Crippen molar-refractivity contribution in [3.63, 3.8) is 0 Å². The third-order valence-electron chi connectivity index (χ3n) is 3.15. The molecule has 0 aliphatic heterocycles. The number of halogens is 1. The van der Waals surface area contributed by atoms with Gasteiger partial charge >= 0.3 is 5.97 Å². The van der Waals surface area contributed by atoms with Gasteiger partial charge in [-0.1, -0.05) is 17.7 Å². The molecule has 0 saturated heterocycles. The Hall–Kier alpha value is -3.04. The lowest BCUT2D eigenvalue weighted by Crippen LogP contribution is -2.30. The van der Waals surface area contributed by atoms with E-state index in [1.807, 2.05) is 6.07 Å². The molecule has 2 aromatic carbocycles. The number of rotatable bonds is 4. The van der Waals surface area contributed by atoms with E-state index >= 15 is 0 Å². The van der Waals surface area contributed by atoms with Gasteiger partial charge in [-0.25, -0.2) is 4.79 Å². The summed E-state index contributed by atoms with van der Waals surface area (Å²) >= 11 is 5.77. The third kappa shape index (κ3) is 4.24. The van der Waals surface area contributed by atoms with E-state index in [4.69, 9.17) is 27.3 Å². The molecule has 0 saturated carbocycles. The lowest BCUT2D eigenvalue weighted by atomic mass is 10.2. The average molecular weight is 344 g/mol. The van der Waals surface area contributed by atoms with E-state index in [1.54, 1.807) is 18.2 Å². The molecule has 0 heterocycles. The Morgan fingerprint density at radius 1 is 1.29 bits per heavy atom. The molecule has 2 aromatic rings. The lowest BCUT2D eigenvalue weighted by molar-refractivity contribution is -0.123. The first-order valence-electron chi connectivity index (χ1n) is 6.97. The predicted molar refractivity (Wildman–Crippen MR) is 90.5 cm³/mol. The number of nitrogens with two attached hydrogens (primary N) is 1. The van der Waals surface area contributed by atoms with Gasteiger partial charge < -0.3 is 15.8 Å². The number of carbonyl (C=O) groups is 2. The van der Waals surface area contributed by atoms with Gasteiger partial charge in [0.05, 0.1) is 17.2 Å². The first kappa shape index (κ1) is 17.3. The van der Waals surface area contributed by atoms with E-state index in [0.717, 1.165) is 0 Å². The maximum Gasteiger partial charge on any atom is 0.341 e. The molecule has 0 aliphatic rings. The molecule has 3 N–H and O–H groups in total. The third-order valence-corrected chi connectivity index (χ3v) is 3.38. The summed E-state index contributed by atoms with van der Waals surface area (Å²) in [7, 11) is 0. The maximum absolute atomic E-state index is 12.1. The highest BCUT2D eigenvalue weighted by atomic mass is 35.5. The van der Waals surface area contributed by atoms with Gasteiger partial charge in [0.25, 0.3) is 5.91 Å². The van der Waals surface area contributed by atoms with Crippen LogP contribution in [0.25, 0.3) is 0 Å². The monoisotopic (exact) mass is 343 g/mol. The minimum absolute atomic E-state index is 0.130. The van der Waals surface area contributed by atoms with Gasteiger partial charge in [-0.3, -0.25) is 4.79 Å². The molecular weight excluding hydrogens is 330 g/mol. The molecule has 0 bridgehead atoms. The van der Waals surface area contributed by atoms with Crippen molar-refractivity contribution >= 4 is 34.9 Å². The van der Waals surface area contributed by atoms with Crippen molar-refractivity contribution in [2.45, 2.75) is 13.0 Å². The molecule has 1 atom stereocenters. The molecule has 0 aliphatic carbocycles. The fourth-order valence-electron chi connectivity index (χ4n) is 1.91. The number of ether oxygens (including phenoxy) is 1. The van der Waals surface area contributed by atoms with Gasteiger partial charge in [-0.05, 0) is 43.3 Å². The molecule has 0 radical (unpaired) electrons. The fraction of sp³-hybridized carbons (Fsp3) is 0.118. The van der Waals surface area contributed by atoms with E-state index in [1.165, 1.54) is 31.2 Å². The largest absolute Gasteiger partial charge is 0.449 e. The van der Waals surface area contributed by atoms with Gasteiger partial charge in [0, 0.05) is 16.4 Å². The fourth-order valence-corrected chi connectivity index (χ4v) is 2.09. The van der Waals surface area contributed by atoms with Crippen molar-refractivity contribution in [3.8, 4) is 6.07 Å². The number of nitrogens with one attached hydrogen (secondary N) is 1. The van der Waals surface area contributed by atoms with Crippen molar-refractivity contribution < 1.29 is 14.3 Å². The van der Waals surface area contributed by atoms with E-state index in [-0.39, 0.29) is 11.3 Å². The Balaban J connectivity index is 2.03. The summed E-state index contributed by atoms with van der Waals surface area (Å²) in [6, 6.07) is 12.7. The SMILES string of the molecule is CC(OC(=O)c1ccc(Cl)cc1N)C(=O)Nc1cccc(C#N)c1. The van der Waals surface area contributed by atoms with E-state index in [9.17, 15) is 9.59 Å². The van der Waals surface area contributed by atoms with Crippen LogP contribution >= 0.6 is 11.6 Å². The van der Waals surface area contributed by atoms with E-state index in [0.29, 0.717) is 16.3 Å². The zero-order chi connectivity index (χ0) is 17.7. The number of anilines is 2. The van der Waals surface area contributed by atoms with E-state index in [2.05, 4.69) is 5.32 Å². The molecule has 0 spiro atoms. The smallest absolute Gasteiger partial charge is 0.341 e. The van der Waals surface area contributed by atoms with Crippen LogP contribution in [0.2, 0.25) is 5.02 Å². The summed E-state index contributed by atoms with van der Waals surface area (Å²) in [5.74, 6) is -1.25. The number of carbonyl (C=O) groups excluding carboxylic acids is 2. The number of amides is 1. The standard InChI is InChI=1S/C17H14ClN3O3/c1-10(16(22)21-13-4-2-3-11(7-13)9-19)24-17(23)14-6-5-12(18)8-15(14)20/h2-8,10H,20H2,1H3,(H,21,22). The summed E-state index contributed by atoms with van der Waals surface area (Å²) in [5, 5.41) is 11.8. The highest BCUT2D eigenvalue weighted by Crippen LogP contribution is 2.19. The minimum atomic E-state index is -1.04. The quantitative estimate of drug-likeness (QED) is 0.655. The van der Waals surface area contributed by atoms with Crippen molar-refractivity contribution in [2.75, 3.05) is 11.1 Å². The van der Waals surface area contributed by atoms with Gasteiger partial charge in [-0.2, -0.15) is 5.26 Å². The molecule has 0 fully saturated rings. The summed E-state index contributed by atoms with van der Waals surface area (Å²) in [6.07, 6.45) is -1.04. The van der Waals surface area contributed by atoms with Crippen LogP contribution in [0.4, 0.5) is 11.4 Å². The lowest BCUT2D eigenvalue weighted by Gasteiger charge is -2.14. The first-order chi connectivity index (χ1) is 11.4. The van der Waals surface area contributed by atoms with Gasteiger partial charge in [0.15, 0.2) is 6.10 Å². The van der Waals surface area contributed by atoms with Crippen LogP contribution in [0.1, 0.15) is 22.8 Å². The molecule has 6 nitrogen and oxygen atoms in total. The molecule has 1 unspecified atom stereocenters. The molecule has 122 valence electrons. The molecule has 2 rings (SSSR count). The Morgan fingerprint density at radius 2 is 2.04 bits per heavy atom. The molecular formula is C17H14ClN3O3. The normalized spacial score (nSPS) is 11.2. The number of nitrogen functional groups attached to an aromatic ring is 1. The van der Waals surface area contributed by atoms with Crippen molar-refractivity contribution in [1.82, 2.24) is 0 Å². The zero-order valence-corrected chi connectivity index (χ0v) is 13.5. The molecule has 1 amide bonds. The Morgan fingerprint density at radius 3 is 2.71 bits per heavy atom. The summed E-state index contributed by atoms with van der Waals surface area (Å²) in [6.45, 7) is 1.44. The van der Waals surface area contributed by atoms with Crippen LogP contribution < -0.4 is 11.1 Å². The zero-order valence-electron chi connectivity index (χ0n) is 12.7. The van der Waals surface area contributed by atoms with Crippen LogP contribution in [0.15, 0.2) is 42.5 Å². The van der Waals surface area contributed by atoms with Crippen LogP contribution in [0.5, 0.6) is 0 Å². The second-order valence-electron chi connectivity index (χ2n) is 4.96. The number of nitrogens with zero attached hydrogens (tertiary/aromatic N) is 1. The summed E-state index contributed by atoms with van der Waals surface area (Å²) in [5.41, 5.74) is 6.86. The van der Waals surface area contributed by atoms with E-state index < -0.39 is 18.0 Å². The Labute approximate surface area is 143 Å². The Kier molecular flexibility index (Phi) is 5.40. The highest BCUT2D eigenvalue weighted by Gasteiger charge is 2.20. The number of esters is 1. The average Bonchev–Trinajstić information content (AvgIpc) is 2.54. The molecule has 0 aromatic heterocycles. The molecule has 7 heteroatoms. The maximum atomic E-state index is 12.1. The minimum Gasteiger partial charge on any atom is -0.449 e. The molecule has 24 heavy (non-hydrogen) atoms. The van der Waals surface area contributed by atoms with Crippen molar-refractivity contribution in [3.05, 3.63) is 58.6 Å². The highest BCUT2D eigenvalue weighted by molar-refractivity contribution is 6.31. The van der Waals surface area contributed by atoms with Gasteiger partial charge in [0.2, 0.25) is 0 Å². The number of nitriles is 1. The summed E-state index contributed by atoms with van der Waals surface area (Å²) in [4.78, 5) is 24.2. The van der Waals surface area contributed by atoms with Crippen LogP contribution in [-0.2, 0) is 9.53 Å². The number of hydrogen-bond donors (Lipinski definition) is 2. The van der Waals surface area contributed by atoms with Crippen LogP contribution in [0, 0.1) is 11.3 Å².